The number of nitro benzene ring substituents is 1. The van der Waals surface area contributed by atoms with Gasteiger partial charge in [0.25, 0.3) is 5.69 Å². The summed E-state index contributed by atoms with van der Waals surface area (Å²) in [6.45, 7) is 4.14. The monoisotopic (exact) mass is 294 g/mol. The number of aliphatic hydroxyl groups is 1. The van der Waals surface area contributed by atoms with Crippen molar-refractivity contribution in [2.45, 2.75) is 27.0 Å². The van der Waals surface area contributed by atoms with Crippen LogP contribution in [0.2, 0.25) is 0 Å². The number of hydrogen-bond acceptors (Lipinski definition) is 5. The summed E-state index contributed by atoms with van der Waals surface area (Å²) in [6.07, 6.45) is 0. The zero-order valence-electron chi connectivity index (χ0n) is 11.7. The molecule has 0 aliphatic carbocycles. The van der Waals surface area contributed by atoms with Crippen molar-refractivity contribution < 1.29 is 14.4 Å². The molecule has 0 spiro atoms. The first-order valence-electron chi connectivity index (χ1n) is 6.41. The van der Waals surface area contributed by atoms with Crippen LogP contribution < -0.4 is 0 Å². The smallest absolute Gasteiger partial charge is 0.272 e. The summed E-state index contributed by atoms with van der Waals surface area (Å²) in [5.41, 5.74) is -0.206. The molecule has 0 aliphatic rings. The van der Waals surface area contributed by atoms with Crippen molar-refractivity contribution in [2.75, 3.05) is 0 Å². The molecule has 21 heavy (non-hydrogen) atoms. The molecule has 2 aromatic rings. The fourth-order valence-electron chi connectivity index (χ4n) is 2.01. The van der Waals surface area contributed by atoms with Crippen LogP contribution in [0.15, 0.2) is 18.2 Å². The molecule has 1 heterocycles. The quantitative estimate of drug-likeness (QED) is 0.673. The van der Waals surface area contributed by atoms with Gasteiger partial charge in [0.05, 0.1) is 16.6 Å². The van der Waals surface area contributed by atoms with Crippen LogP contribution in [0, 0.1) is 21.8 Å². The number of hydrogen-bond donors (Lipinski definition) is 1. The second kappa shape index (κ2) is 5.96. The van der Waals surface area contributed by atoms with E-state index in [9.17, 15) is 19.6 Å². The third kappa shape index (κ3) is 3.05. The summed E-state index contributed by atoms with van der Waals surface area (Å²) < 4.78 is 15.7. The van der Waals surface area contributed by atoms with E-state index in [-0.39, 0.29) is 29.6 Å². The van der Waals surface area contributed by atoms with E-state index >= 15 is 0 Å². The summed E-state index contributed by atoms with van der Waals surface area (Å²) >= 11 is 0. The first-order chi connectivity index (χ1) is 9.93. The zero-order chi connectivity index (χ0) is 15.6. The fourth-order valence-corrected chi connectivity index (χ4v) is 2.01. The Morgan fingerprint density at radius 3 is 2.67 bits per heavy atom. The van der Waals surface area contributed by atoms with Gasteiger partial charge in [-0.3, -0.25) is 10.1 Å². The molecule has 2 rings (SSSR count). The Morgan fingerprint density at radius 2 is 2.14 bits per heavy atom. The maximum atomic E-state index is 14.1. The van der Waals surface area contributed by atoms with Crippen LogP contribution in [0.3, 0.4) is 0 Å². The lowest BCUT2D eigenvalue weighted by Gasteiger charge is -2.12. The van der Waals surface area contributed by atoms with Gasteiger partial charge in [-0.25, -0.2) is 4.39 Å². The van der Waals surface area contributed by atoms with Crippen molar-refractivity contribution in [3.8, 4) is 11.4 Å². The molecule has 7 nitrogen and oxygen atoms in total. The third-order valence-electron chi connectivity index (χ3n) is 2.92. The molecular weight excluding hydrogens is 279 g/mol. The highest BCUT2D eigenvalue weighted by atomic mass is 19.1. The van der Waals surface area contributed by atoms with Gasteiger partial charge < -0.3 is 9.67 Å². The van der Waals surface area contributed by atoms with Crippen molar-refractivity contribution in [3.05, 3.63) is 40.0 Å². The van der Waals surface area contributed by atoms with E-state index in [0.717, 1.165) is 6.07 Å². The molecular formula is C13H15FN4O3. The van der Waals surface area contributed by atoms with Crippen molar-refractivity contribution in [1.82, 2.24) is 14.8 Å². The van der Waals surface area contributed by atoms with Crippen LogP contribution in [0.4, 0.5) is 10.1 Å². The Balaban J connectivity index is 2.51. The SMILES string of the molecule is CC(C)Cn1c(CO)nnc1-c1ccc([N+](=O)[O-])cc1F. The number of rotatable bonds is 5. The normalized spacial score (nSPS) is 11.1. The highest BCUT2D eigenvalue weighted by Gasteiger charge is 2.19. The summed E-state index contributed by atoms with van der Waals surface area (Å²) in [5.74, 6) is 0.0776. The van der Waals surface area contributed by atoms with Crippen LogP contribution in [0.5, 0.6) is 0 Å². The molecule has 1 aromatic heterocycles. The third-order valence-corrected chi connectivity index (χ3v) is 2.92. The van der Waals surface area contributed by atoms with E-state index in [1.807, 2.05) is 13.8 Å². The lowest BCUT2D eigenvalue weighted by atomic mass is 10.1. The Morgan fingerprint density at radius 1 is 1.43 bits per heavy atom. The Hall–Kier alpha value is -2.35. The van der Waals surface area contributed by atoms with Crippen molar-refractivity contribution in [1.29, 1.82) is 0 Å². The first-order valence-corrected chi connectivity index (χ1v) is 6.41. The highest BCUT2D eigenvalue weighted by Crippen LogP contribution is 2.26. The molecule has 0 aliphatic heterocycles. The van der Waals surface area contributed by atoms with Gasteiger partial charge in [-0.2, -0.15) is 0 Å². The van der Waals surface area contributed by atoms with Gasteiger partial charge in [-0.05, 0) is 12.0 Å². The van der Waals surface area contributed by atoms with E-state index < -0.39 is 10.7 Å². The topological polar surface area (TPSA) is 94.1 Å². The van der Waals surface area contributed by atoms with Gasteiger partial charge in [0.1, 0.15) is 12.4 Å². The maximum absolute atomic E-state index is 14.1. The summed E-state index contributed by atoms with van der Waals surface area (Å²) in [5, 5.41) is 27.6. The molecule has 1 aromatic carbocycles. The number of halogens is 1. The predicted molar refractivity (Wildman–Crippen MR) is 72.8 cm³/mol. The van der Waals surface area contributed by atoms with Gasteiger partial charge in [-0.15, -0.1) is 10.2 Å². The average Bonchev–Trinajstić information content (AvgIpc) is 2.80. The van der Waals surface area contributed by atoms with E-state index in [2.05, 4.69) is 10.2 Å². The molecule has 1 N–H and O–H groups in total. The molecule has 0 atom stereocenters. The summed E-state index contributed by atoms with van der Waals surface area (Å²) in [7, 11) is 0. The molecule has 0 saturated heterocycles. The summed E-state index contributed by atoms with van der Waals surface area (Å²) in [6, 6.07) is 3.36. The standard InChI is InChI=1S/C13H15FN4O3/c1-8(2)6-17-12(7-19)15-16-13(17)10-4-3-9(18(20)21)5-11(10)14/h3-5,8,19H,6-7H2,1-2H3. The largest absolute Gasteiger partial charge is 0.388 e. The van der Waals surface area contributed by atoms with E-state index in [0.29, 0.717) is 12.4 Å². The minimum atomic E-state index is -0.744. The van der Waals surface area contributed by atoms with E-state index in [4.69, 9.17) is 0 Å². The Bertz CT molecular complexity index is 669. The predicted octanol–water partition coefficient (Wildman–Crippen LogP) is 2.14. The van der Waals surface area contributed by atoms with Crippen LogP contribution in [-0.2, 0) is 13.2 Å². The Labute approximate surface area is 120 Å². The molecule has 0 amide bonds. The van der Waals surface area contributed by atoms with Crippen LogP contribution in [0.25, 0.3) is 11.4 Å². The van der Waals surface area contributed by atoms with Crippen molar-refractivity contribution in [2.24, 2.45) is 5.92 Å². The fraction of sp³-hybridized carbons (Fsp3) is 0.385. The lowest BCUT2D eigenvalue weighted by Crippen LogP contribution is -2.10. The number of non-ortho nitro benzene ring substituents is 1. The van der Waals surface area contributed by atoms with Crippen LogP contribution in [-0.4, -0.2) is 24.8 Å². The van der Waals surface area contributed by atoms with E-state index in [1.54, 1.807) is 4.57 Å². The van der Waals surface area contributed by atoms with Gasteiger partial charge in [0.15, 0.2) is 11.6 Å². The maximum Gasteiger partial charge on any atom is 0.272 e. The van der Waals surface area contributed by atoms with Crippen molar-refractivity contribution in [3.63, 3.8) is 0 Å². The van der Waals surface area contributed by atoms with Gasteiger partial charge in [0.2, 0.25) is 0 Å². The summed E-state index contributed by atoms with van der Waals surface area (Å²) in [4.78, 5) is 9.97. The number of nitro groups is 1. The number of aromatic nitrogens is 3. The van der Waals surface area contributed by atoms with Crippen LogP contribution >= 0.6 is 0 Å². The molecule has 112 valence electrons. The second-order valence-electron chi connectivity index (χ2n) is 5.02. The number of aliphatic hydroxyl groups excluding tert-OH is 1. The van der Waals surface area contributed by atoms with Gasteiger partial charge in [-0.1, -0.05) is 13.8 Å². The average molecular weight is 294 g/mol. The minimum Gasteiger partial charge on any atom is -0.388 e. The van der Waals surface area contributed by atoms with Gasteiger partial charge in [0, 0.05) is 12.6 Å². The van der Waals surface area contributed by atoms with Crippen molar-refractivity contribution >= 4 is 5.69 Å². The van der Waals surface area contributed by atoms with E-state index in [1.165, 1.54) is 12.1 Å². The first kappa shape index (κ1) is 15.0. The lowest BCUT2D eigenvalue weighted by molar-refractivity contribution is -0.385. The Kier molecular flexibility index (Phi) is 4.27. The zero-order valence-corrected chi connectivity index (χ0v) is 11.7. The molecule has 0 fully saturated rings. The number of nitrogens with zero attached hydrogens (tertiary/aromatic N) is 4. The molecule has 0 unspecified atom stereocenters. The molecule has 0 radical (unpaired) electrons. The minimum absolute atomic E-state index is 0.119. The van der Waals surface area contributed by atoms with Crippen LogP contribution in [0.1, 0.15) is 19.7 Å². The molecule has 8 heteroatoms. The molecule has 0 saturated carbocycles. The second-order valence-corrected chi connectivity index (χ2v) is 5.02. The number of benzene rings is 1. The van der Waals surface area contributed by atoms with Gasteiger partial charge >= 0.3 is 0 Å². The molecule has 0 bridgehead atoms. The highest BCUT2D eigenvalue weighted by molar-refractivity contribution is 5.59.